The molecule has 0 saturated carbocycles. The Bertz CT molecular complexity index is 774. The SMILES string of the molecule is O=C(O)Cc1ccccc1NS(=O)(=O)c1ccccc1Cl. The van der Waals surface area contributed by atoms with E-state index < -0.39 is 16.0 Å². The average molecular weight is 326 g/mol. The monoisotopic (exact) mass is 325 g/mol. The number of carboxylic acids is 1. The lowest BCUT2D eigenvalue weighted by Crippen LogP contribution is -2.15. The van der Waals surface area contributed by atoms with E-state index in [2.05, 4.69) is 4.72 Å². The summed E-state index contributed by atoms with van der Waals surface area (Å²) in [6, 6.07) is 12.4. The van der Waals surface area contributed by atoms with Gasteiger partial charge in [-0.1, -0.05) is 41.9 Å². The second kappa shape index (κ2) is 6.15. The predicted octanol–water partition coefficient (Wildman–Crippen LogP) is 2.77. The number of halogens is 1. The lowest BCUT2D eigenvalue weighted by molar-refractivity contribution is -0.136. The van der Waals surface area contributed by atoms with E-state index in [1.807, 2.05) is 0 Å². The minimum absolute atomic E-state index is 0.0585. The molecule has 0 aromatic heterocycles. The van der Waals surface area contributed by atoms with Crippen LogP contribution >= 0.6 is 11.6 Å². The minimum atomic E-state index is -3.88. The summed E-state index contributed by atoms with van der Waals surface area (Å²) in [5, 5.41) is 8.95. The molecule has 21 heavy (non-hydrogen) atoms. The Morgan fingerprint density at radius 1 is 1.10 bits per heavy atom. The Hall–Kier alpha value is -2.05. The maximum Gasteiger partial charge on any atom is 0.307 e. The van der Waals surface area contributed by atoms with Gasteiger partial charge in [0.15, 0.2) is 0 Å². The fraction of sp³-hybridized carbons (Fsp3) is 0.0714. The Morgan fingerprint density at radius 2 is 1.71 bits per heavy atom. The van der Waals surface area contributed by atoms with Gasteiger partial charge in [0.25, 0.3) is 10.0 Å². The molecule has 0 aliphatic carbocycles. The van der Waals surface area contributed by atoms with Crippen LogP contribution in [0.15, 0.2) is 53.4 Å². The lowest BCUT2D eigenvalue weighted by Gasteiger charge is -2.12. The van der Waals surface area contributed by atoms with Crippen LogP contribution in [0.25, 0.3) is 0 Å². The number of para-hydroxylation sites is 1. The lowest BCUT2D eigenvalue weighted by atomic mass is 10.1. The number of carbonyl (C=O) groups is 1. The summed E-state index contributed by atoms with van der Waals surface area (Å²) >= 11 is 5.89. The fourth-order valence-electron chi connectivity index (χ4n) is 1.80. The van der Waals surface area contributed by atoms with Gasteiger partial charge in [0.1, 0.15) is 4.90 Å². The zero-order chi connectivity index (χ0) is 15.5. The highest BCUT2D eigenvalue weighted by atomic mass is 35.5. The number of aliphatic carboxylic acids is 1. The highest BCUT2D eigenvalue weighted by molar-refractivity contribution is 7.92. The molecule has 0 aliphatic heterocycles. The average Bonchev–Trinajstić information content (AvgIpc) is 2.40. The molecule has 0 unspecified atom stereocenters. The van der Waals surface area contributed by atoms with Crippen LogP contribution in [0, 0.1) is 0 Å². The summed E-state index contributed by atoms with van der Waals surface area (Å²) in [4.78, 5) is 10.8. The van der Waals surface area contributed by atoms with Gasteiger partial charge in [0, 0.05) is 0 Å². The molecule has 2 N–H and O–H groups in total. The van der Waals surface area contributed by atoms with E-state index in [0.717, 1.165) is 0 Å². The summed E-state index contributed by atoms with van der Waals surface area (Å²) in [7, 11) is -3.88. The third-order valence-corrected chi connectivity index (χ3v) is 4.59. The molecule has 5 nitrogen and oxygen atoms in total. The summed E-state index contributed by atoms with van der Waals surface area (Å²) in [6.45, 7) is 0. The molecule has 2 aromatic carbocycles. The molecule has 0 heterocycles. The van der Waals surface area contributed by atoms with E-state index in [4.69, 9.17) is 16.7 Å². The van der Waals surface area contributed by atoms with Crippen LogP contribution in [0.5, 0.6) is 0 Å². The smallest absolute Gasteiger partial charge is 0.307 e. The van der Waals surface area contributed by atoms with E-state index in [9.17, 15) is 13.2 Å². The normalized spacial score (nSPS) is 11.1. The molecule has 7 heteroatoms. The minimum Gasteiger partial charge on any atom is -0.481 e. The first-order chi connectivity index (χ1) is 9.90. The van der Waals surface area contributed by atoms with Gasteiger partial charge in [0.05, 0.1) is 17.1 Å². The van der Waals surface area contributed by atoms with E-state index in [-0.39, 0.29) is 22.0 Å². The molecule has 0 bridgehead atoms. The van der Waals surface area contributed by atoms with Gasteiger partial charge >= 0.3 is 5.97 Å². The number of sulfonamides is 1. The van der Waals surface area contributed by atoms with Crippen LogP contribution < -0.4 is 4.72 Å². The van der Waals surface area contributed by atoms with Gasteiger partial charge in [0.2, 0.25) is 0 Å². The van der Waals surface area contributed by atoms with Gasteiger partial charge in [-0.05, 0) is 23.8 Å². The van der Waals surface area contributed by atoms with Crippen molar-refractivity contribution in [1.29, 1.82) is 0 Å². The number of rotatable bonds is 5. The van der Waals surface area contributed by atoms with Crippen molar-refractivity contribution in [1.82, 2.24) is 0 Å². The van der Waals surface area contributed by atoms with Gasteiger partial charge in [-0.15, -0.1) is 0 Å². The first-order valence-electron chi connectivity index (χ1n) is 5.97. The van der Waals surface area contributed by atoms with Crippen molar-refractivity contribution in [2.45, 2.75) is 11.3 Å². The van der Waals surface area contributed by atoms with Crippen LogP contribution in [0.4, 0.5) is 5.69 Å². The van der Waals surface area contributed by atoms with Gasteiger partial charge in [-0.25, -0.2) is 8.42 Å². The topological polar surface area (TPSA) is 83.5 Å². The fourth-order valence-corrected chi connectivity index (χ4v) is 3.42. The van der Waals surface area contributed by atoms with Crippen LogP contribution in [-0.2, 0) is 21.2 Å². The molecule has 0 fully saturated rings. The third kappa shape index (κ3) is 3.74. The van der Waals surface area contributed by atoms with Crippen LogP contribution in [0.1, 0.15) is 5.56 Å². The van der Waals surface area contributed by atoms with Crippen molar-refractivity contribution >= 4 is 33.3 Å². The molecule has 110 valence electrons. The van der Waals surface area contributed by atoms with Crippen LogP contribution in [-0.4, -0.2) is 19.5 Å². The second-order valence-electron chi connectivity index (χ2n) is 4.26. The molecule has 0 spiro atoms. The van der Waals surface area contributed by atoms with Gasteiger partial charge < -0.3 is 5.11 Å². The Labute approximate surface area is 127 Å². The maximum absolute atomic E-state index is 12.3. The Balaban J connectivity index is 2.38. The van der Waals surface area contributed by atoms with Crippen molar-refractivity contribution in [2.75, 3.05) is 4.72 Å². The third-order valence-electron chi connectivity index (χ3n) is 2.73. The van der Waals surface area contributed by atoms with Crippen molar-refractivity contribution in [2.24, 2.45) is 0 Å². The van der Waals surface area contributed by atoms with Gasteiger partial charge in [-0.2, -0.15) is 0 Å². The van der Waals surface area contributed by atoms with Crippen molar-refractivity contribution in [3.8, 4) is 0 Å². The number of hydrogen-bond acceptors (Lipinski definition) is 3. The van der Waals surface area contributed by atoms with Crippen molar-refractivity contribution < 1.29 is 18.3 Å². The molecular weight excluding hydrogens is 314 g/mol. The zero-order valence-corrected chi connectivity index (χ0v) is 12.4. The Morgan fingerprint density at radius 3 is 2.38 bits per heavy atom. The quantitative estimate of drug-likeness (QED) is 0.885. The van der Waals surface area contributed by atoms with Crippen molar-refractivity contribution in [3.05, 3.63) is 59.1 Å². The molecule has 0 aliphatic rings. The number of benzene rings is 2. The van der Waals surface area contributed by atoms with E-state index >= 15 is 0 Å². The largest absolute Gasteiger partial charge is 0.481 e. The standard InChI is InChI=1S/C14H12ClNO4S/c15-11-6-2-4-8-13(11)21(19,20)16-12-7-3-1-5-10(12)9-14(17)18/h1-8,16H,9H2,(H,17,18). The second-order valence-corrected chi connectivity index (χ2v) is 6.32. The number of nitrogens with one attached hydrogen (secondary N) is 1. The zero-order valence-electron chi connectivity index (χ0n) is 10.8. The molecule has 0 saturated heterocycles. The highest BCUT2D eigenvalue weighted by Crippen LogP contribution is 2.25. The van der Waals surface area contributed by atoms with Crippen LogP contribution in [0.3, 0.4) is 0 Å². The summed E-state index contributed by atoms with van der Waals surface area (Å²) in [6.07, 6.45) is -0.277. The van der Waals surface area contributed by atoms with Gasteiger partial charge in [-0.3, -0.25) is 9.52 Å². The molecule has 0 radical (unpaired) electrons. The summed E-state index contributed by atoms with van der Waals surface area (Å²) in [5.41, 5.74) is 0.598. The molecular formula is C14H12ClNO4S. The first kappa shape index (κ1) is 15.3. The number of hydrogen-bond donors (Lipinski definition) is 2. The van der Waals surface area contributed by atoms with E-state index in [0.29, 0.717) is 5.56 Å². The summed E-state index contributed by atoms with van der Waals surface area (Å²) in [5.74, 6) is -1.04. The Kier molecular flexibility index (Phi) is 4.50. The number of anilines is 1. The first-order valence-corrected chi connectivity index (χ1v) is 7.83. The molecule has 2 rings (SSSR count). The summed E-state index contributed by atoms with van der Waals surface area (Å²) < 4.78 is 27.0. The maximum atomic E-state index is 12.3. The van der Waals surface area contributed by atoms with Crippen molar-refractivity contribution in [3.63, 3.8) is 0 Å². The molecule has 2 aromatic rings. The molecule has 0 amide bonds. The number of carboxylic acid groups (broad SMARTS) is 1. The van der Waals surface area contributed by atoms with E-state index in [1.165, 1.54) is 18.2 Å². The van der Waals surface area contributed by atoms with Crippen LogP contribution in [0.2, 0.25) is 5.02 Å². The van der Waals surface area contributed by atoms with E-state index in [1.54, 1.807) is 30.3 Å². The predicted molar refractivity (Wildman–Crippen MR) is 80.0 cm³/mol. The molecule has 0 atom stereocenters. The highest BCUT2D eigenvalue weighted by Gasteiger charge is 2.19.